The number of methoxy groups -OCH3 is 1. The second kappa shape index (κ2) is 16.2. The Balaban J connectivity index is 1.27. The van der Waals surface area contributed by atoms with Gasteiger partial charge in [-0.2, -0.15) is 5.21 Å². The molecule has 4 aromatic rings. The van der Waals surface area contributed by atoms with Gasteiger partial charge in [-0.15, -0.1) is 10.2 Å². The summed E-state index contributed by atoms with van der Waals surface area (Å²) in [6, 6.07) is 21.0. The third-order valence-electron chi connectivity index (χ3n) is 8.52. The third-order valence-corrected chi connectivity index (χ3v) is 8.52. The number of benzene rings is 3. The molecule has 0 radical (unpaired) electrons. The van der Waals surface area contributed by atoms with Crippen molar-refractivity contribution >= 4 is 29.6 Å². The Labute approximate surface area is 290 Å². The van der Waals surface area contributed by atoms with E-state index in [4.69, 9.17) is 9.47 Å². The number of anilines is 1. The molecule has 1 heterocycles. The van der Waals surface area contributed by atoms with Gasteiger partial charge in [0.15, 0.2) is 0 Å². The fourth-order valence-electron chi connectivity index (χ4n) is 5.94. The maximum absolute atomic E-state index is 13.8. The van der Waals surface area contributed by atoms with Crippen LogP contribution in [0.4, 0.5) is 10.5 Å². The van der Waals surface area contributed by atoms with Gasteiger partial charge >= 0.3 is 12.1 Å². The number of nitrogens with one attached hydrogen (secondary N) is 4. The monoisotopic (exact) mass is 681 g/mol. The normalized spacial score (nSPS) is 16.5. The molecular weight excluding hydrogens is 638 g/mol. The van der Waals surface area contributed by atoms with Crippen LogP contribution in [0.3, 0.4) is 0 Å². The minimum Gasteiger partial charge on any atom is -0.465 e. The van der Waals surface area contributed by atoms with Crippen LogP contribution in [0.5, 0.6) is 0 Å². The Morgan fingerprint density at radius 3 is 2.26 bits per heavy atom. The average Bonchev–Trinajstić information content (AvgIpc) is 3.65. The van der Waals surface area contributed by atoms with Gasteiger partial charge in [0.2, 0.25) is 17.6 Å². The number of alkyl carbamates (subject to hydrolysis) is 1. The van der Waals surface area contributed by atoms with Crippen molar-refractivity contribution in [2.45, 2.75) is 64.5 Å². The van der Waals surface area contributed by atoms with Crippen LogP contribution < -0.4 is 16.0 Å². The van der Waals surface area contributed by atoms with Crippen LogP contribution in [-0.2, 0) is 25.5 Å². The van der Waals surface area contributed by atoms with Crippen LogP contribution in [0, 0.1) is 11.8 Å². The highest BCUT2D eigenvalue weighted by atomic mass is 16.6. The molecule has 262 valence electrons. The summed E-state index contributed by atoms with van der Waals surface area (Å²) in [5.74, 6) is -0.565. The van der Waals surface area contributed by atoms with Crippen molar-refractivity contribution in [3.63, 3.8) is 0 Å². The van der Waals surface area contributed by atoms with E-state index in [2.05, 4.69) is 36.6 Å². The lowest BCUT2D eigenvalue weighted by Gasteiger charge is -2.29. The maximum atomic E-state index is 13.8. The van der Waals surface area contributed by atoms with E-state index in [0.717, 1.165) is 35.1 Å². The molecule has 1 aliphatic carbocycles. The van der Waals surface area contributed by atoms with Gasteiger partial charge in [0, 0.05) is 30.1 Å². The van der Waals surface area contributed by atoms with Crippen molar-refractivity contribution in [3.8, 4) is 22.5 Å². The zero-order chi connectivity index (χ0) is 35.7. The first-order valence-electron chi connectivity index (χ1n) is 16.7. The highest BCUT2D eigenvalue weighted by molar-refractivity contribution is 5.98. The van der Waals surface area contributed by atoms with Crippen LogP contribution in [0.2, 0.25) is 0 Å². The van der Waals surface area contributed by atoms with Crippen molar-refractivity contribution < 1.29 is 28.7 Å². The van der Waals surface area contributed by atoms with Gasteiger partial charge in [-0.25, -0.2) is 9.59 Å². The molecule has 1 atom stereocenters. The fraction of sp³-hybridized carbons (Fsp3) is 0.378. The molecular formula is C37H43N7O6. The Hall–Kier alpha value is -5.59. The van der Waals surface area contributed by atoms with E-state index in [-0.39, 0.29) is 30.1 Å². The first-order valence-corrected chi connectivity index (χ1v) is 16.7. The van der Waals surface area contributed by atoms with Crippen molar-refractivity contribution in [2.24, 2.45) is 11.8 Å². The quantitative estimate of drug-likeness (QED) is 0.153. The van der Waals surface area contributed by atoms with E-state index in [1.165, 1.54) is 7.11 Å². The fourth-order valence-corrected chi connectivity index (χ4v) is 5.94. The standard InChI is InChI=1S/C37H43N7O6/c1-37(2,3)50-36(48)38-22-23-11-13-26(14-12-23)33(45)40-31(34(46)39-30-17-15-25(16-18-30)32-41-43-44-42-32)20-24-7-5-8-27(19-24)28-9-6-10-29(21-28)35(47)49-4/h5-10,15-19,21,23,26,31H,11-14,20,22H2,1-4H3,(H,38,48)(H,39,46)(H,40,45)(H,41,42,43,44). The third kappa shape index (κ3) is 9.97. The van der Waals surface area contributed by atoms with E-state index < -0.39 is 23.7 Å². The average molecular weight is 682 g/mol. The number of amides is 3. The number of nitrogens with zero attached hydrogens (tertiary/aromatic N) is 3. The highest BCUT2D eigenvalue weighted by Crippen LogP contribution is 2.29. The van der Waals surface area contributed by atoms with Crippen LogP contribution in [0.1, 0.15) is 62.4 Å². The smallest absolute Gasteiger partial charge is 0.407 e. The molecule has 1 fully saturated rings. The summed E-state index contributed by atoms with van der Waals surface area (Å²) in [5.41, 5.74) is 3.64. The summed E-state index contributed by atoms with van der Waals surface area (Å²) in [7, 11) is 1.34. The van der Waals surface area contributed by atoms with Crippen LogP contribution in [0.25, 0.3) is 22.5 Å². The van der Waals surface area contributed by atoms with Gasteiger partial charge in [0.1, 0.15) is 11.6 Å². The van der Waals surface area contributed by atoms with E-state index in [1.54, 1.807) is 42.5 Å². The lowest BCUT2D eigenvalue weighted by molar-refractivity contribution is -0.130. The molecule has 1 saturated carbocycles. The van der Waals surface area contributed by atoms with Gasteiger partial charge in [-0.1, -0.05) is 36.4 Å². The molecule has 50 heavy (non-hydrogen) atoms. The van der Waals surface area contributed by atoms with Crippen LogP contribution in [0.15, 0.2) is 72.8 Å². The van der Waals surface area contributed by atoms with Crippen molar-refractivity contribution in [1.29, 1.82) is 0 Å². The lowest BCUT2D eigenvalue weighted by Crippen LogP contribution is -2.48. The van der Waals surface area contributed by atoms with Gasteiger partial charge in [-0.3, -0.25) is 9.59 Å². The van der Waals surface area contributed by atoms with Crippen LogP contribution >= 0.6 is 0 Å². The van der Waals surface area contributed by atoms with Crippen LogP contribution in [-0.4, -0.2) is 69.8 Å². The van der Waals surface area contributed by atoms with Gasteiger partial charge in [0.25, 0.3) is 0 Å². The molecule has 1 unspecified atom stereocenters. The second-order valence-corrected chi connectivity index (χ2v) is 13.4. The Kier molecular flexibility index (Phi) is 11.6. The highest BCUT2D eigenvalue weighted by Gasteiger charge is 2.30. The number of hydrogen-bond acceptors (Lipinski definition) is 9. The number of esters is 1. The Morgan fingerprint density at radius 2 is 1.60 bits per heavy atom. The minimum atomic E-state index is -0.873. The topological polar surface area (TPSA) is 177 Å². The molecule has 4 N–H and O–H groups in total. The summed E-state index contributed by atoms with van der Waals surface area (Å²) in [6.07, 6.45) is 2.61. The SMILES string of the molecule is COC(=O)c1cccc(-c2cccc(CC(NC(=O)C3CCC(CNC(=O)OC(C)(C)C)CC3)C(=O)Nc3ccc(-c4nn[nH]n4)cc3)c2)c1. The number of rotatable bonds is 11. The molecule has 0 bridgehead atoms. The lowest BCUT2D eigenvalue weighted by atomic mass is 9.81. The molecule has 3 aromatic carbocycles. The van der Waals surface area contributed by atoms with Crippen molar-refractivity contribution in [2.75, 3.05) is 19.0 Å². The summed E-state index contributed by atoms with van der Waals surface area (Å²) < 4.78 is 10.2. The van der Waals surface area contributed by atoms with Gasteiger partial charge in [0.05, 0.1) is 12.7 Å². The summed E-state index contributed by atoms with van der Waals surface area (Å²) in [4.78, 5) is 51.7. The number of aromatic amines is 1. The van der Waals surface area contributed by atoms with E-state index in [9.17, 15) is 19.2 Å². The number of H-pyrrole nitrogens is 1. The summed E-state index contributed by atoms with van der Waals surface area (Å²) >= 11 is 0. The largest absolute Gasteiger partial charge is 0.465 e. The number of carbonyl (C=O) groups excluding carboxylic acids is 4. The first-order chi connectivity index (χ1) is 24.0. The van der Waals surface area contributed by atoms with Crippen molar-refractivity contribution in [1.82, 2.24) is 31.3 Å². The molecule has 0 saturated heterocycles. The molecule has 13 nitrogen and oxygen atoms in total. The molecule has 1 aromatic heterocycles. The number of ether oxygens (including phenoxy) is 2. The molecule has 3 amide bonds. The van der Waals surface area contributed by atoms with E-state index in [1.807, 2.05) is 51.1 Å². The number of aromatic nitrogens is 4. The van der Waals surface area contributed by atoms with Gasteiger partial charge in [-0.05, 0) is 111 Å². The predicted molar refractivity (Wildman–Crippen MR) is 187 cm³/mol. The summed E-state index contributed by atoms with van der Waals surface area (Å²) in [5, 5.41) is 22.8. The van der Waals surface area contributed by atoms with Crippen molar-refractivity contribution in [3.05, 3.63) is 83.9 Å². The molecule has 0 spiro atoms. The second-order valence-electron chi connectivity index (χ2n) is 13.4. The number of tetrazole rings is 1. The molecule has 0 aliphatic heterocycles. The minimum absolute atomic E-state index is 0.182. The maximum Gasteiger partial charge on any atom is 0.407 e. The summed E-state index contributed by atoms with van der Waals surface area (Å²) in [6.45, 7) is 5.94. The number of hydrogen-bond donors (Lipinski definition) is 4. The molecule has 13 heteroatoms. The zero-order valence-electron chi connectivity index (χ0n) is 28.7. The predicted octanol–water partition coefficient (Wildman–Crippen LogP) is 5.32. The first kappa shape index (κ1) is 35.7. The molecule has 5 rings (SSSR count). The Bertz CT molecular complexity index is 1780. The van der Waals surface area contributed by atoms with E-state index in [0.29, 0.717) is 36.5 Å². The van der Waals surface area contributed by atoms with Gasteiger partial charge < -0.3 is 25.4 Å². The van der Waals surface area contributed by atoms with E-state index >= 15 is 0 Å². The molecule has 1 aliphatic rings. The number of carbonyl (C=O) groups is 4. The zero-order valence-corrected chi connectivity index (χ0v) is 28.7. The Morgan fingerprint density at radius 1 is 0.900 bits per heavy atom.